The molecule has 3 heterocycles. The molecule has 0 bridgehead atoms. The lowest BCUT2D eigenvalue weighted by molar-refractivity contribution is -0.305. The van der Waals surface area contributed by atoms with Gasteiger partial charge in [0.2, 0.25) is 0 Å². The van der Waals surface area contributed by atoms with Gasteiger partial charge in [-0.05, 0) is 60.0 Å². The maximum absolute atomic E-state index is 13.8. The third-order valence-electron chi connectivity index (χ3n) is 11.7. The number of hydrogen-bond acceptors (Lipinski definition) is 15. The van der Waals surface area contributed by atoms with Gasteiger partial charge in [0, 0.05) is 65.1 Å². The van der Waals surface area contributed by atoms with Crippen LogP contribution in [0.4, 0.5) is 0 Å². The minimum absolute atomic E-state index is 0.0381. The van der Waals surface area contributed by atoms with Gasteiger partial charge in [0.05, 0.1) is 37.1 Å². The van der Waals surface area contributed by atoms with E-state index in [-0.39, 0.29) is 30.6 Å². The highest BCUT2D eigenvalue weighted by atomic mass is 16.7. The zero-order valence-corrected chi connectivity index (χ0v) is 35.6. The van der Waals surface area contributed by atoms with Crippen LogP contribution in [0.3, 0.4) is 0 Å². The average Bonchev–Trinajstić information content (AvgIpc) is 3.16. The number of esters is 1. The van der Waals surface area contributed by atoms with Gasteiger partial charge < -0.3 is 62.9 Å². The van der Waals surface area contributed by atoms with Crippen molar-refractivity contribution in [3.63, 3.8) is 0 Å². The Morgan fingerprint density at radius 1 is 0.857 bits per heavy atom. The number of aliphatic hydroxyl groups excluding tert-OH is 3. The van der Waals surface area contributed by atoms with Crippen molar-refractivity contribution in [1.29, 1.82) is 0 Å². The lowest BCUT2D eigenvalue weighted by atomic mass is 9.81. The lowest BCUT2D eigenvalue weighted by Crippen LogP contribution is -2.63. The van der Waals surface area contributed by atoms with E-state index in [9.17, 15) is 24.9 Å². The molecule has 0 saturated carbocycles. The number of ketones is 1. The van der Waals surface area contributed by atoms with Crippen LogP contribution in [0.5, 0.6) is 0 Å². The Morgan fingerprint density at radius 3 is 2.07 bits per heavy atom. The van der Waals surface area contributed by atoms with Crippen LogP contribution in [0, 0.1) is 23.7 Å². The quantitative estimate of drug-likeness (QED) is 0.140. The molecule has 15 heteroatoms. The fraction of sp³-hybridized carbons (Fsp3) is 0.854. The largest absolute Gasteiger partial charge is 0.459 e. The number of cyclic esters (lactones) is 1. The summed E-state index contributed by atoms with van der Waals surface area (Å²) in [7, 11) is 9.63. The van der Waals surface area contributed by atoms with E-state index < -0.39 is 97.7 Å². The molecular formula is C41H71NO14. The highest BCUT2D eigenvalue weighted by Crippen LogP contribution is 2.35. The first-order chi connectivity index (χ1) is 26.5. The average molecular weight is 802 g/mol. The predicted molar refractivity (Wildman–Crippen MR) is 206 cm³/mol. The molecule has 0 spiro atoms. The van der Waals surface area contributed by atoms with Crippen LogP contribution in [-0.4, -0.2) is 161 Å². The summed E-state index contributed by atoms with van der Waals surface area (Å²) < 4.78 is 53.6. The molecule has 2 fully saturated rings. The number of rotatable bonds is 13. The molecule has 0 aromatic carbocycles. The third-order valence-corrected chi connectivity index (χ3v) is 11.7. The number of likely N-dealkylation sites (N-methyl/N-ethyl adjacent to an activating group) is 1. The van der Waals surface area contributed by atoms with E-state index in [0.717, 1.165) is 5.57 Å². The number of carbonyl (C=O) groups excluding carboxylic acids is 2. The van der Waals surface area contributed by atoms with E-state index in [1.165, 1.54) is 20.3 Å². The van der Waals surface area contributed by atoms with Crippen LogP contribution in [0.25, 0.3) is 0 Å². The smallest absolute Gasteiger partial charge is 0.330 e. The van der Waals surface area contributed by atoms with Crippen LogP contribution in [0.15, 0.2) is 23.8 Å². The van der Waals surface area contributed by atoms with Gasteiger partial charge in [0.1, 0.15) is 36.3 Å². The standard InChI is InChI=1S/C41H71NO14/c1-13-30-28(21-52-41-39(51-12)38(50-11)35(46)26(6)54-41)18-22(2)14-16-29(43)24(4)19-27(20-32(48-9)49-10)37(23(3)15-17-31(44)55-30)56-40-36(47)33(42(7)8)34(45)25(5)53-40/h14-15,17,23-28,30,32-41,45-47H,13,16,18-21H2,1-12H3/b17-15-,22-14+/t23?,24?,25-,26-,27?,28?,30?,33+,34-,35-,36-,37?,38-,39+,40+,41-/m1/s1. The Labute approximate surface area is 333 Å². The summed E-state index contributed by atoms with van der Waals surface area (Å²) in [6, 6.07) is -0.667. The number of Topliss-reactive ketones (excluding diaryl/α,β-unsaturated/α-hetero) is 1. The zero-order chi connectivity index (χ0) is 41.9. The third kappa shape index (κ3) is 12.8. The van der Waals surface area contributed by atoms with Gasteiger partial charge in [0.25, 0.3) is 0 Å². The molecule has 0 aromatic rings. The maximum atomic E-state index is 13.8. The highest BCUT2D eigenvalue weighted by Gasteiger charge is 2.47. The van der Waals surface area contributed by atoms with Gasteiger partial charge in [-0.1, -0.05) is 38.5 Å². The van der Waals surface area contributed by atoms with Crippen LogP contribution in [-0.2, 0) is 52.2 Å². The van der Waals surface area contributed by atoms with E-state index in [1.54, 1.807) is 53.1 Å². The first kappa shape index (κ1) is 48.5. The molecule has 3 aliphatic rings. The topological polar surface area (TPSA) is 181 Å². The molecule has 56 heavy (non-hydrogen) atoms. The molecule has 15 nitrogen and oxygen atoms in total. The fourth-order valence-electron chi connectivity index (χ4n) is 8.21. The SMILES string of the molecule is CCC1OC(=O)/C=C\C(C)C(O[C@@H]2O[C@H](C)[C@@H](O)[C@H](N(C)C)[C@H]2O)C(CC(OC)OC)CC(C)C(=O)C/C=C(\C)CC1CO[C@@H]1O[C@H](C)[C@@H](O)[C@@H](OC)[C@@H]1OC. The Bertz CT molecular complexity index is 1260. The first-order valence-corrected chi connectivity index (χ1v) is 20.0. The first-order valence-electron chi connectivity index (χ1n) is 20.0. The van der Waals surface area contributed by atoms with Crippen molar-refractivity contribution in [3.8, 4) is 0 Å². The van der Waals surface area contributed by atoms with Crippen LogP contribution in [0.1, 0.15) is 73.6 Å². The van der Waals surface area contributed by atoms with Gasteiger partial charge in [-0.25, -0.2) is 4.79 Å². The summed E-state index contributed by atoms with van der Waals surface area (Å²) in [5.74, 6) is -2.03. The Morgan fingerprint density at radius 2 is 1.48 bits per heavy atom. The molecule has 0 radical (unpaired) electrons. The second kappa shape index (κ2) is 23.1. The zero-order valence-electron chi connectivity index (χ0n) is 35.6. The maximum Gasteiger partial charge on any atom is 0.330 e. The number of carbonyl (C=O) groups is 2. The molecule has 0 amide bonds. The van der Waals surface area contributed by atoms with E-state index >= 15 is 0 Å². The molecule has 0 aromatic heterocycles. The number of aliphatic hydroxyl groups is 3. The van der Waals surface area contributed by atoms with Crippen molar-refractivity contribution < 1.29 is 67.5 Å². The highest BCUT2D eigenvalue weighted by molar-refractivity contribution is 5.82. The molecule has 3 aliphatic heterocycles. The van der Waals surface area contributed by atoms with Crippen molar-refractivity contribution >= 4 is 11.8 Å². The monoisotopic (exact) mass is 801 g/mol. The van der Waals surface area contributed by atoms with Gasteiger partial charge >= 0.3 is 5.97 Å². The summed E-state index contributed by atoms with van der Waals surface area (Å²) in [6.07, 6.45) is -2.61. The van der Waals surface area contributed by atoms with Crippen molar-refractivity contribution in [2.45, 2.75) is 153 Å². The van der Waals surface area contributed by atoms with E-state index in [2.05, 4.69) is 0 Å². The van der Waals surface area contributed by atoms with Crippen molar-refractivity contribution in [3.05, 3.63) is 23.8 Å². The Kier molecular flexibility index (Phi) is 20.0. The van der Waals surface area contributed by atoms with Gasteiger partial charge in [-0.2, -0.15) is 0 Å². The molecule has 2 saturated heterocycles. The molecule has 16 atom stereocenters. The van der Waals surface area contributed by atoms with Crippen molar-refractivity contribution in [2.24, 2.45) is 23.7 Å². The minimum atomic E-state index is -1.21. The summed E-state index contributed by atoms with van der Waals surface area (Å²) in [4.78, 5) is 29.1. The van der Waals surface area contributed by atoms with Crippen molar-refractivity contribution in [1.82, 2.24) is 4.90 Å². The van der Waals surface area contributed by atoms with E-state index in [4.69, 9.17) is 42.6 Å². The number of hydrogen-bond donors (Lipinski definition) is 3. The second-order valence-electron chi connectivity index (χ2n) is 16.0. The normalized spacial score (nSPS) is 41.3. The number of allylic oxidation sites excluding steroid dienone is 2. The minimum Gasteiger partial charge on any atom is -0.459 e. The summed E-state index contributed by atoms with van der Waals surface area (Å²) in [5, 5.41) is 33.0. The molecule has 0 aliphatic carbocycles. The predicted octanol–water partition coefficient (Wildman–Crippen LogP) is 3.01. The van der Waals surface area contributed by atoms with E-state index in [0.29, 0.717) is 25.7 Å². The summed E-state index contributed by atoms with van der Waals surface area (Å²) in [6.45, 7) is 11.3. The summed E-state index contributed by atoms with van der Waals surface area (Å²) >= 11 is 0. The van der Waals surface area contributed by atoms with E-state index in [1.807, 2.05) is 33.8 Å². The molecule has 6 unspecified atom stereocenters. The number of ether oxygens (including phenoxy) is 9. The molecule has 324 valence electrons. The Balaban J connectivity index is 1.99. The Hall–Kier alpha value is -1.86. The van der Waals surface area contributed by atoms with Crippen molar-refractivity contribution in [2.75, 3.05) is 49.1 Å². The van der Waals surface area contributed by atoms with Gasteiger partial charge in [0.15, 0.2) is 18.9 Å². The molecule has 3 N–H and O–H groups in total. The number of nitrogens with zero attached hydrogens (tertiary/aromatic N) is 1. The number of methoxy groups -OCH3 is 4. The van der Waals surface area contributed by atoms with Crippen LogP contribution in [0.2, 0.25) is 0 Å². The van der Waals surface area contributed by atoms with Crippen LogP contribution < -0.4 is 0 Å². The fourth-order valence-corrected chi connectivity index (χ4v) is 8.21. The molecule has 3 rings (SSSR count). The lowest BCUT2D eigenvalue weighted by Gasteiger charge is -2.46. The summed E-state index contributed by atoms with van der Waals surface area (Å²) in [5.41, 5.74) is 0.933. The van der Waals surface area contributed by atoms with Gasteiger partial charge in [-0.15, -0.1) is 0 Å². The van der Waals surface area contributed by atoms with Crippen LogP contribution >= 0.6 is 0 Å². The molecular weight excluding hydrogens is 730 g/mol. The van der Waals surface area contributed by atoms with Gasteiger partial charge in [-0.3, -0.25) is 4.79 Å². The second-order valence-corrected chi connectivity index (χ2v) is 16.0.